The van der Waals surface area contributed by atoms with Crippen LogP contribution < -0.4 is 0 Å². The molecule has 0 aromatic heterocycles. The summed E-state index contributed by atoms with van der Waals surface area (Å²) < 4.78 is 5.13. The van der Waals surface area contributed by atoms with Gasteiger partial charge in [-0.1, -0.05) is 42.5 Å². The fourth-order valence-corrected chi connectivity index (χ4v) is 2.46. The number of likely N-dealkylation sites (N-methyl/N-ethyl adjacent to an activating group) is 1. The van der Waals surface area contributed by atoms with Crippen LogP contribution in [-0.4, -0.2) is 31.0 Å². The zero-order valence-electron chi connectivity index (χ0n) is 13.3. The van der Waals surface area contributed by atoms with Gasteiger partial charge < -0.3 is 9.64 Å². The van der Waals surface area contributed by atoms with E-state index >= 15 is 0 Å². The van der Waals surface area contributed by atoms with E-state index in [9.17, 15) is 4.79 Å². The lowest BCUT2D eigenvalue weighted by Crippen LogP contribution is -2.32. The first-order chi connectivity index (χ1) is 10.7. The number of rotatable bonds is 7. The Bertz CT molecular complexity index is 595. The Balaban J connectivity index is 2.03. The van der Waals surface area contributed by atoms with Crippen LogP contribution in [0.2, 0.25) is 0 Å². The van der Waals surface area contributed by atoms with Gasteiger partial charge in [-0.2, -0.15) is 0 Å². The fourth-order valence-electron chi connectivity index (χ4n) is 2.46. The summed E-state index contributed by atoms with van der Waals surface area (Å²) in [5.41, 5.74) is 3.00. The van der Waals surface area contributed by atoms with Crippen molar-refractivity contribution in [1.82, 2.24) is 4.90 Å². The highest BCUT2D eigenvalue weighted by molar-refractivity contribution is 5.94. The lowest BCUT2D eigenvalue weighted by molar-refractivity contribution is 0.0766. The van der Waals surface area contributed by atoms with E-state index in [1.807, 2.05) is 54.3 Å². The van der Waals surface area contributed by atoms with Gasteiger partial charge >= 0.3 is 0 Å². The van der Waals surface area contributed by atoms with E-state index in [2.05, 4.69) is 12.1 Å². The van der Waals surface area contributed by atoms with E-state index < -0.39 is 0 Å². The quantitative estimate of drug-likeness (QED) is 0.782. The van der Waals surface area contributed by atoms with E-state index in [1.165, 1.54) is 5.56 Å². The van der Waals surface area contributed by atoms with Gasteiger partial charge in [0.05, 0.1) is 6.61 Å². The summed E-state index contributed by atoms with van der Waals surface area (Å²) >= 11 is 0. The Hall–Kier alpha value is -2.13. The Kier molecular flexibility index (Phi) is 6.16. The molecule has 2 rings (SSSR count). The average Bonchev–Trinajstić information content (AvgIpc) is 2.57. The molecule has 3 heteroatoms. The molecule has 1 amide bonds. The number of ether oxygens (including phenoxy) is 1. The van der Waals surface area contributed by atoms with Crippen LogP contribution in [0, 0.1) is 0 Å². The Labute approximate surface area is 132 Å². The van der Waals surface area contributed by atoms with E-state index in [-0.39, 0.29) is 5.91 Å². The molecule has 0 aliphatic rings. The standard InChI is InChI=1S/C19H23NO2/c1-3-20(13-12-16-8-5-4-6-9-16)19(21)18-11-7-10-17(14-18)15-22-2/h4-11,14H,3,12-13,15H2,1-2H3. The minimum Gasteiger partial charge on any atom is -0.380 e. The molecule has 0 saturated carbocycles. The monoisotopic (exact) mass is 297 g/mol. The molecule has 0 atom stereocenters. The van der Waals surface area contributed by atoms with Crippen LogP contribution in [-0.2, 0) is 17.8 Å². The van der Waals surface area contributed by atoms with Gasteiger partial charge in [0.1, 0.15) is 0 Å². The summed E-state index contributed by atoms with van der Waals surface area (Å²) in [5, 5.41) is 0. The molecule has 2 aromatic rings. The minimum absolute atomic E-state index is 0.0800. The van der Waals surface area contributed by atoms with Gasteiger partial charge in [0, 0.05) is 25.8 Å². The molecule has 2 aromatic carbocycles. The summed E-state index contributed by atoms with van der Waals surface area (Å²) in [4.78, 5) is 14.5. The van der Waals surface area contributed by atoms with Crippen molar-refractivity contribution in [3.8, 4) is 0 Å². The Morgan fingerprint density at radius 1 is 1.05 bits per heavy atom. The largest absolute Gasteiger partial charge is 0.380 e. The number of hydrogen-bond donors (Lipinski definition) is 0. The van der Waals surface area contributed by atoms with Crippen LogP contribution in [0.4, 0.5) is 0 Å². The molecule has 0 N–H and O–H groups in total. The second-order valence-electron chi connectivity index (χ2n) is 5.25. The summed E-state index contributed by atoms with van der Waals surface area (Å²) in [6, 6.07) is 17.9. The molecule has 0 aliphatic heterocycles. The topological polar surface area (TPSA) is 29.5 Å². The SMILES string of the molecule is CCN(CCc1ccccc1)C(=O)c1cccc(COC)c1. The molecule has 116 valence electrons. The van der Waals surface area contributed by atoms with Crippen LogP contribution in [0.5, 0.6) is 0 Å². The van der Waals surface area contributed by atoms with Crippen LogP contribution in [0.15, 0.2) is 54.6 Å². The maximum absolute atomic E-state index is 12.6. The van der Waals surface area contributed by atoms with Crippen molar-refractivity contribution < 1.29 is 9.53 Å². The van der Waals surface area contributed by atoms with E-state index in [4.69, 9.17) is 4.74 Å². The van der Waals surface area contributed by atoms with Gasteiger partial charge in [0.15, 0.2) is 0 Å². The van der Waals surface area contributed by atoms with Crippen molar-refractivity contribution in [2.24, 2.45) is 0 Å². The molecule has 0 saturated heterocycles. The van der Waals surface area contributed by atoms with E-state index in [0.717, 1.165) is 24.1 Å². The lowest BCUT2D eigenvalue weighted by atomic mass is 10.1. The first-order valence-corrected chi connectivity index (χ1v) is 7.65. The maximum atomic E-state index is 12.6. The molecule has 0 bridgehead atoms. The van der Waals surface area contributed by atoms with Gasteiger partial charge in [-0.05, 0) is 36.6 Å². The second-order valence-corrected chi connectivity index (χ2v) is 5.25. The number of methoxy groups -OCH3 is 1. The van der Waals surface area contributed by atoms with Crippen molar-refractivity contribution in [1.29, 1.82) is 0 Å². The number of hydrogen-bond acceptors (Lipinski definition) is 2. The summed E-state index contributed by atoms with van der Waals surface area (Å²) in [7, 11) is 1.66. The Morgan fingerprint density at radius 3 is 2.45 bits per heavy atom. The van der Waals surface area contributed by atoms with E-state index in [1.54, 1.807) is 7.11 Å². The third-order valence-electron chi connectivity index (χ3n) is 3.67. The highest BCUT2D eigenvalue weighted by Gasteiger charge is 2.14. The fraction of sp³-hybridized carbons (Fsp3) is 0.316. The third kappa shape index (κ3) is 4.43. The van der Waals surface area contributed by atoms with Crippen LogP contribution in [0.1, 0.15) is 28.4 Å². The number of amides is 1. The predicted octanol–water partition coefficient (Wildman–Crippen LogP) is 3.54. The van der Waals surface area contributed by atoms with Crippen LogP contribution in [0.3, 0.4) is 0 Å². The average molecular weight is 297 g/mol. The molecule has 0 heterocycles. The highest BCUT2D eigenvalue weighted by Crippen LogP contribution is 2.11. The number of nitrogens with zero attached hydrogens (tertiary/aromatic N) is 1. The Morgan fingerprint density at radius 2 is 1.77 bits per heavy atom. The smallest absolute Gasteiger partial charge is 0.253 e. The highest BCUT2D eigenvalue weighted by atomic mass is 16.5. The molecule has 0 fully saturated rings. The van der Waals surface area contributed by atoms with Gasteiger partial charge in [-0.15, -0.1) is 0 Å². The van der Waals surface area contributed by atoms with Crippen LogP contribution in [0.25, 0.3) is 0 Å². The first kappa shape index (κ1) is 16.2. The molecule has 0 aliphatic carbocycles. The predicted molar refractivity (Wildman–Crippen MR) is 88.9 cm³/mol. The van der Waals surface area contributed by atoms with Gasteiger partial charge in [-0.3, -0.25) is 4.79 Å². The third-order valence-corrected chi connectivity index (χ3v) is 3.67. The lowest BCUT2D eigenvalue weighted by Gasteiger charge is -2.21. The number of carbonyl (C=O) groups is 1. The van der Waals surface area contributed by atoms with Gasteiger partial charge in [0.25, 0.3) is 5.91 Å². The van der Waals surface area contributed by atoms with Crippen molar-refractivity contribution in [3.05, 3.63) is 71.3 Å². The molecule has 0 unspecified atom stereocenters. The molecule has 0 spiro atoms. The van der Waals surface area contributed by atoms with Crippen molar-refractivity contribution in [2.45, 2.75) is 20.0 Å². The number of benzene rings is 2. The normalized spacial score (nSPS) is 10.5. The summed E-state index contributed by atoms with van der Waals surface area (Å²) in [6.45, 7) is 3.98. The van der Waals surface area contributed by atoms with Gasteiger partial charge in [0.2, 0.25) is 0 Å². The zero-order chi connectivity index (χ0) is 15.8. The van der Waals surface area contributed by atoms with Crippen LogP contribution >= 0.6 is 0 Å². The first-order valence-electron chi connectivity index (χ1n) is 7.65. The molecular weight excluding hydrogens is 274 g/mol. The maximum Gasteiger partial charge on any atom is 0.253 e. The van der Waals surface area contributed by atoms with Crippen molar-refractivity contribution in [2.75, 3.05) is 20.2 Å². The molecule has 22 heavy (non-hydrogen) atoms. The van der Waals surface area contributed by atoms with Crippen molar-refractivity contribution >= 4 is 5.91 Å². The minimum atomic E-state index is 0.0800. The van der Waals surface area contributed by atoms with Crippen molar-refractivity contribution in [3.63, 3.8) is 0 Å². The summed E-state index contributed by atoms with van der Waals surface area (Å²) in [6.07, 6.45) is 0.873. The zero-order valence-corrected chi connectivity index (χ0v) is 13.3. The molecule has 3 nitrogen and oxygen atoms in total. The van der Waals surface area contributed by atoms with Gasteiger partial charge in [-0.25, -0.2) is 0 Å². The summed E-state index contributed by atoms with van der Waals surface area (Å²) in [5.74, 6) is 0.0800. The second kappa shape index (κ2) is 8.35. The number of carbonyl (C=O) groups excluding carboxylic acids is 1. The molecular formula is C19H23NO2. The van der Waals surface area contributed by atoms with E-state index in [0.29, 0.717) is 13.2 Å². The molecule has 0 radical (unpaired) electrons.